The minimum atomic E-state index is -2.54. The summed E-state index contributed by atoms with van der Waals surface area (Å²) in [5.41, 5.74) is 1.72. The zero-order chi connectivity index (χ0) is 22.8. The molecule has 0 N–H and O–H groups in total. The maximum atomic E-state index is 13.2. The summed E-state index contributed by atoms with van der Waals surface area (Å²) in [6.45, 7) is 11.6. The van der Waals surface area contributed by atoms with Crippen LogP contribution in [0.15, 0.2) is 30.3 Å². The fraction of sp³-hybridized carbons (Fsp3) is 0.417. The Kier molecular flexibility index (Phi) is 7.20. The Balaban J connectivity index is 2.43. The molecule has 0 radical (unpaired) electrons. The second kappa shape index (κ2) is 9.09. The SMILES string of the molecule is COc1cccc(OC)c1C(=O)[P+](=O)C(C)C(=O)c1c(C)cc(C(C)(C)C)cc1C. The number of ether oxygens (including phenoxy) is 2. The Hall–Kier alpha value is -2.52. The van der Waals surface area contributed by atoms with E-state index in [1.165, 1.54) is 21.1 Å². The third-order valence-corrected chi connectivity index (χ3v) is 6.78. The van der Waals surface area contributed by atoms with Gasteiger partial charge >= 0.3 is 13.3 Å². The van der Waals surface area contributed by atoms with Crippen LogP contribution in [0.1, 0.15) is 65.1 Å². The van der Waals surface area contributed by atoms with E-state index < -0.39 is 19.0 Å². The van der Waals surface area contributed by atoms with E-state index >= 15 is 0 Å². The van der Waals surface area contributed by atoms with Gasteiger partial charge in [0.15, 0.2) is 5.56 Å². The molecular formula is C24H30O5P+. The van der Waals surface area contributed by atoms with Crippen molar-refractivity contribution in [3.05, 3.63) is 58.1 Å². The van der Waals surface area contributed by atoms with Gasteiger partial charge in [-0.15, -0.1) is 0 Å². The van der Waals surface area contributed by atoms with Gasteiger partial charge in [-0.05, 0) is 55.0 Å². The van der Waals surface area contributed by atoms with E-state index in [-0.39, 0.29) is 28.3 Å². The lowest BCUT2D eigenvalue weighted by molar-refractivity contribution is 0.0980. The quantitative estimate of drug-likeness (QED) is 0.407. The van der Waals surface area contributed by atoms with Crippen LogP contribution in [0.3, 0.4) is 0 Å². The van der Waals surface area contributed by atoms with Crippen LogP contribution in [-0.4, -0.2) is 31.2 Å². The monoisotopic (exact) mass is 429 g/mol. The van der Waals surface area contributed by atoms with Crippen molar-refractivity contribution in [1.82, 2.24) is 0 Å². The molecular weight excluding hydrogens is 399 g/mol. The summed E-state index contributed by atoms with van der Waals surface area (Å²) in [5, 5.41) is 0. The molecule has 0 aliphatic carbocycles. The van der Waals surface area contributed by atoms with Crippen LogP contribution in [0.4, 0.5) is 0 Å². The van der Waals surface area contributed by atoms with Crippen LogP contribution in [0, 0.1) is 13.8 Å². The largest absolute Gasteiger partial charge is 0.496 e. The second-order valence-electron chi connectivity index (χ2n) is 8.44. The van der Waals surface area contributed by atoms with Crippen LogP contribution in [0.2, 0.25) is 0 Å². The Morgan fingerprint density at radius 3 is 1.80 bits per heavy atom. The molecule has 2 rings (SSSR count). The molecule has 0 heterocycles. The number of Topliss-reactive ketones (excluding diaryl/α,β-unsaturated/α-hetero) is 1. The number of hydrogen-bond acceptors (Lipinski definition) is 5. The Bertz CT molecular complexity index is 956. The maximum Gasteiger partial charge on any atom is 0.431 e. The van der Waals surface area contributed by atoms with Crippen LogP contribution in [-0.2, 0) is 9.98 Å². The van der Waals surface area contributed by atoms with Crippen LogP contribution < -0.4 is 9.47 Å². The van der Waals surface area contributed by atoms with Gasteiger partial charge in [-0.3, -0.25) is 4.79 Å². The van der Waals surface area contributed by atoms with Gasteiger partial charge in [-0.25, -0.2) is 4.79 Å². The standard InChI is InChI=1S/C24H30O5P/c1-14-12-17(24(4,5)6)13-15(2)20(14)22(25)16(3)30(27)23(26)21-18(28-7)10-9-11-19(21)29-8/h9-13,16H,1-8H3/q+1. The molecule has 6 heteroatoms. The van der Waals surface area contributed by atoms with Gasteiger partial charge < -0.3 is 9.47 Å². The van der Waals surface area contributed by atoms with E-state index in [2.05, 4.69) is 20.8 Å². The second-order valence-corrected chi connectivity index (χ2v) is 10.3. The van der Waals surface area contributed by atoms with E-state index in [0.29, 0.717) is 5.56 Å². The van der Waals surface area contributed by atoms with Crippen molar-refractivity contribution in [2.24, 2.45) is 0 Å². The molecule has 2 aromatic carbocycles. The lowest BCUT2D eigenvalue weighted by atomic mass is 9.83. The van der Waals surface area contributed by atoms with Crippen LogP contribution >= 0.6 is 7.80 Å². The highest BCUT2D eigenvalue weighted by Gasteiger charge is 2.44. The minimum Gasteiger partial charge on any atom is -0.496 e. The van der Waals surface area contributed by atoms with Crippen molar-refractivity contribution in [3.8, 4) is 11.5 Å². The molecule has 0 bridgehead atoms. The Morgan fingerprint density at radius 2 is 1.40 bits per heavy atom. The van der Waals surface area contributed by atoms with Gasteiger partial charge in [-0.1, -0.05) is 43.5 Å². The minimum absolute atomic E-state index is 0.0513. The molecule has 5 nitrogen and oxygen atoms in total. The molecule has 0 fully saturated rings. The first-order chi connectivity index (χ1) is 13.9. The first-order valence-corrected chi connectivity index (χ1v) is 11.1. The molecule has 2 atom stereocenters. The fourth-order valence-electron chi connectivity index (χ4n) is 3.45. The number of aryl methyl sites for hydroxylation is 2. The number of ketones is 1. The van der Waals surface area contributed by atoms with E-state index in [0.717, 1.165) is 16.7 Å². The third-order valence-electron chi connectivity index (χ3n) is 5.22. The van der Waals surface area contributed by atoms with Gasteiger partial charge in [-0.2, -0.15) is 0 Å². The van der Waals surface area contributed by atoms with Crippen molar-refractivity contribution >= 4 is 19.1 Å². The lowest BCUT2D eigenvalue weighted by Crippen LogP contribution is -2.20. The first kappa shape index (κ1) is 23.8. The van der Waals surface area contributed by atoms with E-state index in [1.807, 2.05) is 26.0 Å². The topological polar surface area (TPSA) is 69.7 Å². The number of benzene rings is 2. The number of carbonyl (C=O) groups is 2. The van der Waals surface area contributed by atoms with Gasteiger partial charge in [0.2, 0.25) is 11.4 Å². The maximum absolute atomic E-state index is 13.2. The number of methoxy groups -OCH3 is 2. The summed E-state index contributed by atoms with van der Waals surface area (Å²) in [6, 6.07) is 8.87. The molecule has 0 aromatic heterocycles. The fourth-order valence-corrected chi connectivity index (χ4v) is 4.58. The molecule has 2 aromatic rings. The van der Waals surface area contributed by atoms with Crippen molar-refractivity contribution in [3.63, 3.8) is 0 Å². The van der Waals surface area contributed by atoms with Crippen LogP contribution in [0.5, 0.6) is 11.5 Å². The number of hydrogen-bond donors (Lipinski definition) is 0. The highest BCUT2D eigenvalue weighted by atomic mass is 31.1. The zero-order valence-corrected chi connectivity index (χ0v) is 19.8. The summed E-state index contributed by atoms with van der Waals surface area (Å²) in [5.74, 6) is 0.238. The normalized spacial score (nSPS) is 12.9. The number of carbonyl (C=O) groups excluding carboxylic acids is 2. The molecule has 0 saturated carbocycles. The molecule has 160 valence electrons. The predicted molar refractivity (Wildman–Crippen MR) is 120 cm³/mol. The van der Waals surface area contributed by atoms with Gasteiger partial charge in [0.25, 0.3) is 0 Å². The molecule has 0 aliphatic rings. The lowest BCUT2D eigenvalue weighted by Gasteiger charge is -2.22. The van der Waals surface area contributed by atoms with Crippen molar-refractivity contribution in [1.29, 1.82) is 0 Å². The predicted octanol–water partition coefficient (Wildman–Crippen LogP) is 5.86. The summed E-state index contributed by atoms with van der Waals surface area (Å²) in [4.78, 5) is 26.3. The third kappa shape index (κ3) is 4.62. The van der Waals surface area contributed by atoms with E-state index in [9.17, 15) is 14.2 Å². The molecule has 0 amide bonds. The summed E-state index contributed by atoms with van der Waals surface area (Å²) in [7, 11) is 0.315. The average molecular weight is 429 g/mol. The summed E-state index contributed by atoms with van der Waals surface area (Å²) >= 11 is 0. The van der Waals surface area contributed by atoms with Crippen LogP contribution in [0.25, 0.3) is 0 Å². The molecule has 30 heavy (non-hydrogen) atoms. The van der Waals surface area contributed by atoms with Gasteiger partial charge in [0.05, 0.1) is 14.2 Å². The van der Waals surface area contributed by atoms with E-state index in [4.69, 9.17) is 9.47 Å². The number of rotatable bonds is 7. The van der Waals surface area contributed by atoms with Crippen molar-refractivity contribution in [2.75, 3.05) is 14.2 Å². The van der Waals surface area contributed by atoms with Crippen molar-refractivity contribution < 1.29 is 23.6 Å². The molecule has 0 saturated heterocycles. The summed E-state index contributed by atoms with van der Waals surface area (Å²) in [6.07, 6.45) is 0. The molecule has 2 unspecified atom stereocenters. The smallest absolute Gasteiger partial charge is 0.431 e. The highest BCUT2D eigenvalue weighted by Crippen LogP contribution is 2.41. The van der Waals surface area contributed by atoms with Gasteiger partial charge in [0.1, 0.15) is 11.5 Å². The first-order valence-electron chi connectivity index (χ1n) is 9.81. The molecule has 0 aliphatic heterocycles. The zero-order valence-electron chi connectivity index (χ0n) is 19.0. The Morgan fingerprint density at radius 1 is 0.933 bits per heavy atom. The summed E-state index contributed by atoms with van der Waals surface area (Å²) < 4.78 is 23.6. The van der Waals surface area contributed by atoms with Crippen molar-refractivity contribution in [2.45, 2.75) is 52.6 Å². The van der Waals surface area contributed by atoms with Gasteiger partial charge in [0, 0.05) is 5.56 Å². The highest BCUT2D eigenvalue weighted by molar-refractivity contribution is 7.66. The molecule has 0 spiro atoms. The average Bonchev–Trinajstić information content (AvgIpc) is 2.69. The Labute approximate surface area is 179 Å². The van der Waals surface area contributed by atoms with E-state index in [1.54, 1.807) is 18.2 Å².